The van der Waals surface area contributed by atoms with Crippen molar-refractivity contribution in [1.82, 2.24) is 0 Å². The highest BCUT2D eigenvalue weighted by Crippen LogP contribution is 2.66. The van der Waals surface area contributed by atoms with E-state index in [-0.39, 0.29) is 24.2 Å². The van der Waals surface area contributed by atoms with Crippen LogP contribution in [0.4, 0.5) is 10.5 Å². The van der Waals surface area contributed by atoms with Crippen LogP contribution in [0.25, 0.3) is 0 Å². The van der Waals surface area contributed by atoms with Gasteiger partial charge < -0.3 is 9.84 Å². The van der Waals surface area contributed by atoms with Crippen LogP contribution in [0.1, 0.15) is 104 Å². The number of benzene rings is 1. The number of fused-ring (bicyclic) bond motifs is 5. The average Bonchev–Trinajstić information content (AvgIpc) is 3.21. The Balaban J connectivity index is 1.20. The molecule has 1 aromatic rings. The van der Waals surface area contributed by atoms with E-state index in [1.165, 1.54) is 51.4 Å². The highest BCUT2D eigenvalue weighted by molar-refractivity contribution is 5.84. The van der Waals surface area contributed by atoms with Gasteiger partial charge in [0.1, 0.15) is 6.10 Å². The third-order valence-corrected chi connectivity index (χ3v) is 11.2. The maximum absolute atomic E-state index is 12.6. The number of ether oxygens (including phenoxy) is 1. The van der Waals surface area contributed by atoms with E-state index in [1.807, 2.05) is 24.3 Å². The van der Waals surface area contributed by atoms with Crippen molar-refractivity contribution in [1.29, 1.82) is 0 Å². The first kappa shape index (κ1) is 26.8. The van der Waals surface area contributed by atoms with Crippen molar-refractivity contribution in [2.24, 2.45) is 40.4 Å². The minimum Gasteiger partial charge on any atom is -0.446 e. The molecule has 0 aromatic heterocycles. The molecule has 7 atom stereocenters. The van der Waals surface area contributed by atoms with E-state index in [0.29, 0.717) is 11.1 Å². The molecule has 0 bridgehead atoms. The molecule has 1 amide bonds. The molecular weight excluding hydrogens is 458 g/mol. The fraction of sp³-hybridized carbons (Fsp3) is 0.727. The quantitative estimate of drug-likeness (QED) is 0.364. The minimum atomic E-state index is -0.373. The summed E-state index contributed by atoms with van der Waals surface area (Å²) in [7, 11) is 0. The van der Waals surface area contributed by atoms with Crippen LogP contribution >= 0.6 is 0 Å². The van der Waals surface area contributed by atoms with Gasteiger partial charge in [0, 0.05) is 12.1 Å². The topological polar surface area (TPSA) is 58.6 Å². The van der Waals surface area contributed by atoms with Crippen LogP contribution in [0.15, 0.2) is 35.9 Å². The van der Waals surface area contributed by atoms with Crippen molar-refractivity contribution in [2.75, 3.05) is 5.32 Å². The Kier molecular flexibility index (Phi) is 7.78. The molecule has 2 N–H and O–H groups in total. The fourth-order valence-corrected chi connectivity index (χ4v) is 9.08. The number of anilines is 1. The predicted molar refractivity (Wildman–Crippen MR) is 150 cm³/mol. The lowest BCUT2D eigenvalue weighted by Crippen LogP contribution is -2.50. The van der Waals surface area contributed by atoms with Crippen LogP contribution in [0.3, 0.4) is 0 Å². The first-order valence-electron chi connectivity index (χ1n) is 15.1. The van der Waals surface area contributed by atoms with Crippen LogP contribution in [0.5, 0.6) is 0 Å². The van der Waals surface area contributed by atoms with Crippen molar-refractivity contribution in [3.8, 4) is 0 Å². The minimum absolute atomic E-state index is 0.00139. The van der Waals surface area contributed by atoms with E-state index in [2.05, 4.69) is 39.1 Å². The molecule has 4 nitrogen and oxygen atoms in total. The highest BCUT2D eigenvalue weighted by atomic mass is 16.6. The number of hydrogen-bond acceptors (Lipinski definition) is 3. The van der Waals surface area contributed by atoms with Gasteiger partial charge in [0.2, 0.25) is 0 Å². The molecule has 0 heterocycles. The summed E-state index contributed by atoms with van der Waals surface area (Å²) in [6.07, 6.45) is 16.2. The number of carbonyl (C=O) groups excluding carboxylic acids is 1. The zero-order valence-corrected chi connectivity index (χ0v) is 23.6. The summed E-state index contributed by atoms with van der Waals surface area (Å²) in [6.45, 7) is 9.92. The summed E-state index contributed by atoms with van der Waals surface area (Å²) in [4.78, 5) is 12.6. The first-order chi connectivity index (χ1) is 17.7. The molecule has 0 radical (unpaired) electrons. The van der Waals surface area contributed by atoms with Crippen molar-refractivity contribution in [3.05, 3.63) is 41.5 Å². The van der Waals surface area contributed by atoms with Crippen LogP contribution in [-0.2, 0) is 11.3 Å². The molecule has 3 fully saturated rings. The zero-order chi connectivity index (χ0) is 26.2. The number of aliphatic hydroxyl groups is 1. The Labute approximate surface area is 224 Å². The molecular formula is C33H49NO3. The smallest absolute Gasteiger partial charge is 0.411 e. The number of hydrogen-bond donors (Lipinski definition) is 2. The summed E-state index contributed by atoms with van der Waals surface area (Å²) < 4.78 is 5.90. The van der Waals surface area contributed by atoms with Gasteiger partial charge in [0.05, 0.1) is 6.61 Å². The van der Waals surface area contributed by atoms with E-state index in [0.717, 1.165) is 54.4 Å². The molecule has 0 spiro atoms. The predicted octanol–water partition coefficient (Wildman–Crippen LogP) is 8.50. The van der Waals surface area contributed by atoms with Gasteiger partial charge >= 0.3 is 6.09 Å². The normalized spacial score (nSPS) is 36.8. The van der Waals surface area contributed by atoms with Crippen LogP contribution in [-0.4, -0.2) is 17.3 Å². The number of allylic oxidation sites excluding steroid dienone is 1. The van der Waals surface area contributed by atoms with Crippen molar-refractivity contribution in [2.45, 2.75) is 111 Å². The largest absolute Gasteiger partial charge is 0.446 e. The van der Waals surface area contributed by atoms with E-state index in [1.54, 1.807) is 5.57 Å². The van der Waals surface area contributed by atoms with E-state index in [4.69, 9.17) is 4.74 Å². The van der Waals surface area contributed by atoms with Gasteiger partial charge in [-0.15, -0.1) is 0 Å². The monoisotopic (exact) mass is 507 g/mol. The third-order valence-electron chi connectivity index (χ3n) is 11.2. The maximum atomic E-state index is 12.6. The Morgan fingerprint density at radius 3 is 2.59 bits per heavy atom. The number of amides is 1. The molecule has 0 saturated heterocycles. The van der Waals surface area contributed by atoms with Gasteiger partial charge in [0.15, 0.2) is 0 Å². The lowest BCUT2D eigenvalue weighted by molar-refractivity contribution is -0.0514. The number of aliphatic hydroxyl groups excluding tert-OH is 1. The summed E-state index contributed by atoms with van der Waals surface area (Å²) in [5, 5.41) is 12.1. The first-order valence-corrected chi connectivity index (χ1v) is 15.1. The molecule has 0 aliphatic heterocycles. The summed E-state index contributed by atoms with van der Waals surface area (Å²) in [5.41, 5.74) is 3.91. The van der Waals surface area contributed by atoms with Gasteiger partial charge in [0.25, 0.3) is 0 Å². The standard InChI is InChI=1S/C33H49NO3/c1-22(2)6-5-7-24-11-15-29-28-14-10-25-20-27(16-18-33(25,4)30(28)17-19-32(24,29)3)37-31(36)34-26-12-8-23(21-35)9-13-26/h8-10,12-13,22,24,27-30,35H,5-7,11,14-21H2,1-4H3,(H,34,36)/t24?,27-,28?,29?,30?,32+,33-/m1/s1. The van der Waals surface area contributed by atoms with Crippen molar-refractivity contribution >= 4 is 11.8 Å². The Bertz CT molecular complexity index is 984. The lowest BCUT2D eigenvalue weighted by atomic mass is 9.47. The summed E-state index contributed by atoms with van der Waals surface area (Å²) in [6, 6.07) is 7.25. The SMILES string of the molecule is CC(C)CCCC1CCC2C3CC=C4C[C@H](OC(=O)Nc5ccc(CO)cc5)CC[C@@]4(C)C3CC[C@@]12C. The molecule has 204 valence electrons. The average molecular weight is 508 g/mol. The second-order valence-corrected chi connectivity index (χ2v) is 13.7. The van der Waals surface area contributed by atoms with E-state index in [9.17, 15) is 9.90 Å². The second-order valence-electron chi connectivity index (χ2n) is 13.7. The number of carbonyl (C=O) groups is 1. The van der Waals surface area contributed by atoms with E-state index >= 15 is 0 Å². The van der Waals surface area contributed by atoms with Gasteiger partial charge in [-0.25, -0.2) is 4.79 Å². The number of rotatable bonds is 7. The van der Waals surface area contributed by atoms with Crippen LogP contribution < -0.4 is 5.32 Å². The van der Waals surface area contributed by atoms with Gasteiger partial charge in [-0.05, 0) is 109 Å². The Morgan fingerprint density at radius 2 is 1.86 bits per heavy atom. The zero-order valence-electron chi connectivity index (χ0n) is 23.6. The van der Waals surface area contributed by atoms with Crippen molar-refractivity contribution in [3.63, 3.8) is 0 Å². The van der Waals surface area contributed by atoms with Gasteiger partial charge in [-0.1, -0.05) is 64.3 Å². The summed E-state index contributed by atoms with van der Waals surface area (Å²) in [5.74, 6) is 4.27. The second kappa shape index (κ2) is 10.8. The third kappa shape index (κ3) is 5.24. The molecule has 4 aliphatic carbocycles. The molecule has 1 aromatic carbocycles. The van der Waals surface area contributed by atoms with Gasteiger partial charge in [-0.3, -0.25) is 5.32 Å². The van der Waals surface area contributed by atoms with Crippen LogP contribution in [0, 0.1) is 40.4 Å². The Morgan fingerprint density at radius 1 is 1.08 bits per heavy atom. The molecule has 37 heavy (non-hydrogen) atoms. The molecule has 4 heteroatoms. The number of nitrogens with one attached hydrogen (secondary N) is 1. The van der Waals surface area contributed by atoms with Gasteiger partial charge in [-0.2, -0.15) is 0 Å². The molecule has 4 aliphatic rings. The maximum Gasteiger partial charge on any atom is 0.411 e. The highest BCUT2D eigenvalue weighted by Gasteiger charge is 2.58. The lowest BCUT2D eigenvalue weighted by Gasteiger charge is -2.58. The summed E-state index contributed by atoms with van der Waals surface area (Å²) >= 11 is 0. The molecule has 4 unspecified atom stereocenters. The molecule has 3 saturated carbocycles. The Hall–Kier alpha value is -1.81. The van der Waals surface area contributed by atoms with Crippen molar-refractivity contribution < 1.29 is 14.6 Å². The molecule has 5 rings (SSSR count). The fourth-order valence-electron chi connectivity index (χ4n) is 9.08. The van der Waals surface area contributed by atoms with Crippen LogP contribution in [0.2, 0.25) is 0 Å². The van der Waals surface area contributed by atoms with E-state index < -0.39 is 0 Å².